The van der Waals surface area contributed by atoms with Gasteiger partial charge < -0.3 is 27.9 Å². The van der Waals surface area contributed by atoms with Crippen LogP contribution < -0.4 is 4.89 Å². The molecule has 2 atom stereocenters. The van der Waals surface area contributed by atoms with Gasteiger partial charge in [-0.2, -0.15) is 0 Å². The molecule has 0 radical (unpaired) electrons. The molecule has 0 fully saturated rings. The van der Waals surface area contributed by atoms with Crippen LogP contribution >= 0.6 is 7.82 Å². The fourth-order valence-corrected chi connectivity index (χ4v) is 9.80. The number of unbranched alkanes of at least 4 members (excludes halogenated alkanes) is 41. The number of ether oxygens (including phenoxy) is 2. The highest BCUT2D eigenvalue weighted by atomic mass is 31.2. The molecule has 0 spiro atoms. The van der Waals surface area contributed by atoms with Gasteiger partial charge in [0.15, 0.2) is 6.10 Å². The molecule has 0 aromatic heterocycles. The molecule has 0 heterocycles. The molecule has 416 valence electrons. The summed E-state index contributed by atoms with van der Waals surface area (Å²) >= 11 is 0. The van der Waals surface area contributed by atoms with Crippen molar-refractivity contribution in [3.8, 4) is 0 Å². The van der Waals surface area contributed by atoms with E-state index in [-0.39, 0.29) is 32.0 Å². The second-order valence-corrected chi connectivity index (χ2v) is 23.5. The Bertz CT molecular complexity index is 1190. The molecule has 0 aromatic carbocycles. The number of carbonyl (C=O) groups excluding carboxylic acids is 2. The van der Waals surface area contributed by atoms with Gasteiger partial charge in [0.05, 0.1) is 27.7 Å². The van der Waals surface area contributed by atoms with E-state index in [0.717, 1.165) is 32.1 Å². The molecule has 0 aliphatic rings. The van der Waals surface area contributed by atoms with E-state index in [0.29, 0.717) is 17.4 Å². The fourth-order valence-electron chi connectivity index (χ4n) is 9.07. The van der Waals surface area contributed by atoms with E-state index < -0.39 is 26.5 Å². The summed E-state index contributed by atoms with van der Waals surface area (Å²) in [5, 5.41) is 0. The topological polar surface area (TPSA) is 111 Å². The number of quaternary nitrogens is 1. The summed E-state index contributed by atoms with van der Waals surface area (Å²) in [5.74, 6) is -0.813. The number of allylic oxidation sites excluding steroid dienone is 2. The lowest BCUT2D eigenvalue weighted by Crippen LogP contribution is -2.37. The maximum atomic E-state index is 12.8. The SMILES string of the molecule is CCCCCCCCCC/C=C\CCCCCCCCCCCCCCCCCCCCCC(=O)OC(COC(=O)CCCCCCCCCCCCCCCCC)COP(=O)([O-])OCC[N+](C)(C)C. The van der Waals surface area contributed by atoms with Crippen LogP contribution in [0.25, 0.3) is 0 Å². The predicted octanol–water partition coefficient (Wildman–Crippen LogP) is 18.2. The van der Waals surface area contributed by atoms with Crippen LogP contribution in [0.3, 0.4) is 0 Å². The van der Waals surface area contributed by atoms with Gasteiger partial charge in [0.2, 0.25) is 0 Å². The van der Waals surface area contributed by atoms with Gasteiger partial charge >= 0.3 is 11.9 Å². The Kier molecular flexibility index (Phi) is 51.7. The Morgan fingerprint density at radius 3 is 1.06 bits per heavy atom. The first-order chi connectivity index (χ1) is 34.0. The van der Waals surface area contributed by atoms with Crippen LogP contribution in [0.5, 0.6) is 0 Å². The normalized spacial score (nSPS) is 13.3. The van der Waals surface area contributed by atoms with Crippen LogP contribution in [-0.4, -0.2) is 70.0 Å². The smallest absolute Gasteiger partial charge is 0.306 e. The number of hydrogen-bond acceptors (Lipinski definition) is 8. The largest absolute Gasteiger partial charge is 0.756 e. The fraction of sp³-hybridized carbons (Fsp3) is 0.933. The lowest BCUT2D eigenvalue weighted by molar-refractivity contribution is -0.870. The van der Waals surface area contributed by atoms with E-state index in [1.165, 1.54) is 244 Å². The Labute approximate surface area is 435 Å². The number of phosphoric ester groups is 1. The van der Waals surface area contributed by atoms with Gasteiger partial charge in [0.25, 0.3) is 7.82 Å². The van der Waals surface area contributed by atoms with Crippen molar-refractivity contribution in [1.29, 1.82) is 0 Å². The summed E-state index contributed by atoms with van der Waals surface area (Å²) in [4.78, 5) is 37.8. The van der Waals surface area contributed by atoms with E-state index in [9.17, 15) is 19.0 Å². The minimum atomic E-state index is -4.63. The van der Waals surface area contributed by atoms with Crippen molar-refractivity contribution in [2.24, 2.45) is 0 Å². The van der Waals surface area contributed by atoms with Crippen molar-refractivity contribution in [2.75, 3.05) is 47.5 Å². The molecule has 0 aliphatic carbocycles. The monoisotopic (exact) mass is 1010 g/mol. The molecule has 9 nitrogen and oxygen atoms in total. The first-order valence-corrected chi connectivity index (χ1v) is 31.9. The van der Waals surface area contributed by atoms with Gasteiger partial charge in [-0.1, -0.05) is 270 Å². The average molecular weight is 1010 g/mol. The second-order valence-electron chi connectivity index (χ2n) is 22.1. The van der Waals surface area contributed by atoms with E-state index in [4.69, 9.17) is 18.5 Å². The van der Waals surface area contributed by atoms with Crippen LogP contribution in [0.15, 0.2) is 12.2 Å². The molecule has 0 aliphatic heterocycles. The summed E-state index contributed by atoms with van der Waals surface area (Å²) in [6, 6.07) is 0. The second kappa shape index (κ2) is 52.6. The molecule has 70 heavy (non-hydrogen) atoms. The third-order valence-electron chi connectivity index (χ3n) is 13.8. The molecule has 0 aromatic rings. The Morgan fingerprint density at radius 1 is 0.429 bits per heavy atom. The van der Waals surface area contributed by atoms with Crippen molar-refractivity contribution in [1.82, 2.24) is 0 Å². The van der Waals surface area contributed by atoms with Gasteiger partial charge in [-0.05, 0) is 38.5 Å². The number of rotatable bonds is 57. The first-order valence-electron chi connectivity index (χ1n) is 30.4. The number of carbonyl (C=O) groups is 2. The Morgan fingerprint density at radius 2 is 0.729 bits per heavy atom. The lowest BCUT2D eigenvalue weighted by Gasteiger charge is -2.28. The van der Waals surface area contributed by atoms with Gasteiger partial charge in [-0.3, -0.25) is 14.2 Å². The summed E-state index contributed by atoms with van der Waals surface area (Å²) in [6.45, 7) is 4.30. The third-order valence-corrected chi connectivity index (χ3v) is 14.7. The molecule has 0 N–H and O–H groups in total. The standard InChI is InChI=1S/C60H118NO8P/c1-6-8-10-12-14-16-18-20-22-23-24-25-26-27-28-29-30-31-32-33-34-35-36-37-39-41-43-45-47-49-51-53-60(63)69-58(57-68-70(64,65)67-55-54-61(3,4)5)56-66-59(62)52-50-48-46-44-42-40-38-21-19-17-15-13-11-9-7-2/h23-24,58H,6-22,25-57H2,1-5H3/b24-23-. The van der Waals surface area contributed by atoms with Crippen molar-refractivity contribution in [3.05, 3.63) is 12.2 Å². The van der Waals surface area contributed by atoms with Gasteiger partial charge in [-0.15, -0.1) is 0 Å². The maximum Gasteiger partial charge on any atom is 0.306 e. The Hall–Kier alpha value is -1.25. The van der Waals surface area contributed by atoms with E-state index in [1.807, 2.05) is 21.1 Å². The number of nitrogens with zero attached hydrogens (tertiary/aromatic N) is 1. The summed E-state index contributed by atoms with van der Waals surface area (Å²) in [5.41, 5.74) is 0. The van der Waals surface area contributed by atoms with Crippen LogP contribution in [0.2, 0.25) is 0 Å². The molecule has 0 saturated heterocycles. The number of likely N-dealkylation sites (N-methyl/N-ethyl adjacent to an activating group) is 1. The predicted molar refractivity (Wildman–Crippen MR) is 296 cm³/mol. The minimum absolute atomic E-state index is 0.0262. The zero-order valence-corrected chi connectivity index (χ0v) is 48.1. The minimum Gasteiger partial charge on any atom is -0.756 e. The molecule has 0 saturated carbocycles. The molecule has 0 rings (SSSR count). The molecule has 10 heteroatoms. The zero-order valence-electron chi connectivity index (χ0n) is 47.2. The van der Waals surface area contributed by atoms with Gasteiger partial charge in [-0.25, -0.2) is 0 Å². The van der Waals surface area contributed by atoms with E-state index in [1.54, 1.807) is 0 Å². The molecular formula is C60H118NO8P. The third kappa shape index (κ3) is 56.1. The lowest BCUT2D eigenvalue weighted by atomic mass is 10.0. The molecule has 0 bridgehead atoms. The maximum absolute atomic E-state index is 12.8. The number of phosphoric acid groups is 1. The highest BCUT2D eigenvalue weighted by molar-refractivity contribution is 7.45. The number of esters is 2. The molecular weight excluding hydrogens is 894 g/mol. The van der Waals surface area contributed by atoms with Gasteiger partial charge in [0, 0.05) is 12.8 Å². The van der Waals surface area contributed by atoms with Gasteiger partial charge in [0.1, 0.15) is 19.8 Å². The van der Waals surface area contributed by atoms with Crippen molar-refractivity contribution < 1.29 is 42.1 Å². The summed E-state index contributed by atoms with van der Waals surface area (Å²) in [6.07, 6.45) is 61.3. The van der Waals surface area contributed by atoms with Crippen LogP contribution in [0, 0.1) is 0 Å². The molecule has 2 unspecified atom stereocenters. The first kappa shape index (κ1) is 68.8. The van der Waals surface area contributed by atoms with Crippen LogP contribution in [0.4, 0.5) is 0 Å². The highest BCUT2D eigenvalue weighted by Crippen LogP contribution is 2.38. The number of hydrogen-bond donors (Lipinski definition) is 0. The summed E-state index contributed by atoms with van der Waals surface area (Å²) < 4.78 is 34.2. The van der Waals surface area contributed by atoms with E-state index in [2.05, 4.69) is 26.0 Å². The van der Waals surface area contributed by atoms with Crippen molar-refractivity contribution >= 4 is 19.8 Å². The zero-order chi connectivity index (χ0) is 51.3. The molecule has 0 amide bonds. The highest BCUT2D eigenvalue weighted by Gasteiger charge is 2.22. The quantitative estimate of drug-likeness (QED) is 0.0195. The van der Waals surface area contributed by atoms with Crippen LogP contribution in [0.1, 0.15) is 309 Å². The van der Waals surface area contributed by atoms with E-state index >= 15 is 0 Å². The summed E-state index contributed by atoms with van der Waals surface area (Å²) in [7, 11) is 1.19. The average Bonchev–Trinajstić information content (AvgIpc) is 3.32. The van der Waals surface area contributed by atoms with Crippen LogP contribution in [-0.2, 0) is 32.7 Å². The Balaban J connectivity index is 4.00. The van der Waals surface area contributed by atoms with Crippen molar-refractivity contribution in [3.63, 3.8) is 0 Å². The van der Waals surface area contributed by atoms with Crippen molar-refractivity contribution in [2.45, 2.75) is 315 Å².